The molecule has 0 radical (unpaired) electrons. The standard InChI is InChI=1S/C15H12ClN5O2/c1-9(16)5-11-6-10(3-4-12(11)18-2)8-21-19-13(7-17)14(20-21)15(22)23/h3-6H,2,8H2,1H3,(H,22,23)/b9-5+. The number of nitrogens with zero attached hydrogens (tertiary/aromatic N) is 5. The number of hydrogen-bond acceptors (Lipinski definition) is 5. The Balaban J connectivity index is 2.38. The minimum atomic E-state index is -1.29. The SMILES string of the molecule is C=Nc1ccc(Cn2nc(C#N)c(C(=O)O)n2)cc1/C=C(\C)Cl. The summed E-state index contributed by atoms with van der Waals surface area (Å²) >= 11 is 5.90. The van der Waals surface area contributed by atoms with Crippen LogP contribution in [0.15, 0.2) is 28.2 Å². The third-order valence-electron chi connectivity index (χ3n) is 2.90. The summed E-state index contributed by atoms with van der Waals surface area (Å²) in [7, 11) is 0. The lowest BCUT2D eigenvalue weighted by molar-refractivity contribution is 0.0689. The van der Waals surface area contributed by atoms with Crippen LogP contribution in [-0.4, -0.2) is 32.8 Å². The molecule has 0 bridgehead atoms. The zero-order chi connectivity index (χ0) is 17.0. The average molecular weight is 330 g/mol. The number of benzene rings is 1. The number of rotatable bonds is 5. The number of allylic oxidation sites excluding steroid dienone is 1. The quantitative estimate of drug-likeness (QED) is 0.849. The molecule has 0 fully saturated rings. The first kappa shape index (κ1) is 16.4. The van der Waals surface area contributed by atoms with Gasteiger partial charge in [-0.25, -0.2) is 4.79 Å². The van der Waals surface area contributed by atoms with Gasteiger partial charge in [-0.1, -0.05) is 17.7 Å². The summed E-state index contributed by atoms with van der Waals surface area (Å²) in [5.74, 6) is -1.29. The number of nitriles is 1. The first-order chi connectivity index (χ1) is 10.9. The van der Waals surface area contributed by atoms with Gasteiger partial charge in [-0.3, -0.25) is 4.99 Å². The van der Waals surface area contributed by atoms with Crippen molar-refractivity contribution in [3.8, 4) is 6.07 Å². The normalized spacial score (nSPS) is 11.1. The maximum absolute atomic E-state index is 11.0. The van der Waals surface area contributed by atoms with Gasteiger partial charge in [0.05, 0.1) is 12.2 Å². The van der Waals surface area contributed by atoms with Gasteiger partial charge in [0.1, 0.15) is 6.07 Å². The highest BCUT2D eigenvalue weighted by molar-refractivity contribution is 6.31. The van der Waals surface area contributed by atoms with Crippen LogP contribution in [0.3, 0.4) is 0 Å². The maximum atomic E-state index is 11.0. The van der Waals surface area contributed by atoms with E-state index in [4.69, 9.17) is 22.0 Å². The third kappa shape index (κ3) is 3.81. The second kappa shape index (κ2) is 6.85. The molecule has 2 rings (SSSR count). The first-order valence-corrected chi connectivity index (χ1v) is 6.84. The summed E-state index contributed by atoms with van der Waals surface area (Å²) in [6, 6.07) is 7.10. The molecule has 116 valence electrons. The van der Waals surface area contributed by atoms with E-state index in [1.54, 1.807) is 31.2 Å². The van der Waals surface area contributed by atoms with Gasteiger partial charge in [-0.2, -0.15) is 10.1 Å². The summed E-state index contributed by atoms with van der Waals surface area (Å²) < 4.78 is 0. The molecule has 0 aliphatic carbocycles. The molecule has 0 saturated carbocycles. The molecular weight excluding hydrogens is 318 g/mol. The van der Waals surface area contributed by atoms with E-state index in [1.807, 2.05) is 6.07 Å². The monoisotopic (exact) mass is 329 g/mol. The van der Waals surface area contributed by atoms with Crippen molar-refractivity contribution < 1.29 is 9.90 Å². The number of carbonyl (C=O) groups is 1. The van der Waals surface area contributed by atoms with Crippen LogP contribution in [0.25, 0.3) is 6.08 Å². The Morgan fingerprint density at radius 3 is 2.83 bits per heavy atom. The van der Waals surface area contributed by atoms with Crippen LogP contribution in [0.4, 0.5) is 5.69 Å². The van der Waals surface area contributed by atoms with Crippen LogP contribution in [-0.2, 0) is 6.54 Å². The Labute approximate surface area is 137 Å². The van der Waals surface area contributed by atoms with Crippen LogP contribution in [0.5, 0.6) is 0 Å². The summed E-state index contributed by atoms with van der Waals surface area (Å²) in [5.41, 5.74) is 1.66. The minimum absolute atomic E-state index is 0.210. The van der Waals surface area contributed by atoms with Gasteiger partial charge in [0.2, 0.25) is 5.69 Å². The molecule has 0 unspecified atom stereocenters. The summed E-state index contributed by atoms with van der Waals surface area (Å²) in [5, 5.41) is 26.1. The van der Waals surface area contributed by atoms with E-state index in [1.165, 1.54) is 4.80 Å². The highest BCUT2D eigenvalue weighted by Crippen LogP contribution is 2.24. The van der Waals surface area contributed by atoms with E-state index in [2.05, 4.69) is 21.9 Å². The third-order valence-corrected chi connectivity index (χ3v) is 3.01. The molecule has 0 aliphatic rings. The van der Waals surface area contributed by atoms with Gasteiger partial charge < -0.3 is 5.11 Å². The molecule has 0 saturated heterocycles. The largest absolute Gasteiger partial charge is 0.476 e. The topological polar surface area (TPSA) is 104 Å². The lowest BCUT2D eigenvalue weighted by Crippen LogP contribution is -2.06. The fourth-order valence-corrected chi connectivity index (χ4v) is 2.10. The maximum Gasteiger partial charge on any atom is 0.359 e. The van der Waals surface area contributed by atoms with Crippen molar-refractivity contribution in [2.75, 3.05) is 0 Å². The predicted octanol–water partition coefficient (Wildman–Crippen LogP) is 2.83. The van der Waals surface area contributed by atoms with Crippen molar-refractivity contribution in [2.45, 2.75) is 13.5 Å². The smallest absolute Gasteiger partial charge is 0.359 e. The number of aromatic carboxylic acids is 1. The molecular formula is C15H12ClN5O2. The number of aromatic nitrogens is 3. The van der Waals surface area contributed by atoms with E-state index < -0.39 is 5.97 Å². The lowest BCUT2D eigenvalue weighted by atomic mass is 10.1. The van der Waals surface area contributed by atoms with E-state index in [0.29, 0.717) is 10.7 Å². The molecule has 7 nitrogen and oxygen atoms in total. The van der Waals surface area contributed by atoms with Gasteiger partial charge in [-0.15, -0.1) is 10.2 Å². The number of carboxylic acid groups (broad SMARTS) is 1. The molecule has 0 amide bonds. The Morgan fingerprint density at radius 2 is 2.30 bits per heavy atom. The summed E-state index contributed by atoms with van der Waals surface area (Å²) in [6.07, 6.45) is 1.75. The predicted molar refractivity (Wildman–Crippen MR) is 86.0 cm³/mol. The van der Waals surface area contributed by atoms with Crippen molar-refractivity contribution in [3.63, 3.8) is 0 Å². The van der Waals surface area contributed by atoms with Gasteiger partial charge in [0, 0.05) is 10.6 Å². The fraction of sp³-hybridized carbons (Fsp3) is 0.133. The van der Waals surface area contributed by atoms with E-state index in [-0.39, 0.29) is 17.9 Å². The van der Waals surface area contributed by atoms with Gasteiger partial charge in [-0.05, 0) is 37.4 Å². The molecule has 0 spiro atoms. The zero-order valence-electron chi connectivity index (χ0n) is 12.2. The van der Waals surface area contributed by atoms with Crippen molar-refractivity contribution in [1.29, 1.82) is 5.26 Å². The highest BCUT2D eigenvalue weighted by Gasteiger charge is 2.17. The van der Waals surface area contributed by atoms with Gasteiger partial charge in [0.25, 0.3) is 0 Å². The average Bonchev–Trinajstić information content (AvgIpc) is 2.90. The Bertz CT molecular complexity index is 844. The Hall–Kier alpha value is -2.98. The molecule has 1 aromatic carbocycles. The zero-order valence-corrected chi connectivity index (χ0v) is 12.9. The second-order valence-electron chi connectivity index (χ2n) is 4.63. The van der Waals surface area contributed by atoms with E-state index in [9.17, 15) is 4.79 Å². The molecule has 0 aliphatic heterocycles. The van der Waals surface area contributed by atoms with E-state index in [0.717, 1.165) is 11.1 Å². The van der Waals surface area contributed by atoms with Crippen LogP contribution in [0, 0.1) is 11.3 Å². The molecule has 1 heterocycles. The van der Waals surface area contributed by atoms with Crippen LogP contribution in [0.1, 0.15) is 34.2 Å². The highest BCUT2D eigenvalue weighted by atomic mass is 35.5. The number of aliphatic imine (C=N–C) groups is 1. The number of carboxylic acids is 1. The Kier molecular flexibility index (Phi) is 4.88. The lowest BCUT2D eigenvalue weighted by Gasteiger charge is -2.05. The molecule has 0 atom stereocenters. The van der Waals surface area contributed by atoms with Crippen LogP contribution >= 0.6 is 11.6 Å². The van der Waals surface area contributed by atoms with Crippen LogP contribution in [0.2, 0.25) is 0 Å². The fourth-order valence-electron chi connectivity index (χ4n) is 1.98. The van der Waals surface area contributed by atoms with E-state index >= 15 is 0 Å². The molecule has 1 N–H and O–H groups in total. The molecule has 23 heavy (non-hydrogen) atoms. The number of hydrogen-bond donors (Lipinski definition) is 1. The first-order valence-electron chi connectivity index (χ1n) is 6.46. The van der Waals surface area contributed by atoms with Gasteiger partial charge >= 0.3 is 5.97 Å². The second-order valence-corrected chi connectivity index (χ2v) is 5.22. The summed E-state index contributed by atoms with van der Waals surface area (Å²) in [4.78, 5) is 16.1. The minimum Gasteiger partial charge on any atom is -0.476 e. The van der Waals surface area contributed by atoms with Gasteiger partial charge in [0.15, 0.2) is 5.69 Å². The van der Waals surface area contributed by atoms with Crippen molar-refractivity contribution in [2.24, 2.45) is 4.99 Å². The summed E-state index contributed by atoms with van der Waals surface area (Å²) in [6.45, 7) is 5.46. The Morgan fingerprint density at radius 1 is 1.57 bits per heavy atom. The van der Waals surface area contributed by atoms with Crippen molar-refractivity contribution >= 4 is 36.1 Å². The van der Waals surface area contributed by atoms with Crippen molar-refractivity contribution in [1.82, 2.24) is 15.0 Å². The van der Waals surface area contributed by atoms with Crippen molar-refractivity contribution in [3.05, 3.63) is 45.7 Å². The van der Waals surface area contributed by atoms with Crippen LogP contribution < -0.4 is 0 Å². The molecule has 2 aromatic rings. The molecule has 8 heteroatoms. The number of halogens is 1. The molecule has 1 aromatic heterocycles.